The average molecular weight is 357 g/mol. The number of carbonyl (C=O) groups is 2. The SMILES string of the molecule is CC(=O)O[C@]1(C#N)CC[C@H]2[C@@H]3CC[C@H]4CC(=O)CC[C@]4(C)[C@H]3CC[C@@]21C. The quantitative estimate of drug-likeness (QED) is 0.651. The Labute approximate surface area is 156 Å². The Morgan fingerprint density at radius 2 is 1.85 bits per heavy atom. The average Bonchev–Trinajstić information content (AvgIpc) is 2.88. The van der Waals surface area contributed by atoms with Crippen LogP contribution in [0.5, 0.6) is 0 Å². The van der Waals surface area contributed by atoms with Crippen molar-refractivity contribution in [2.24, 2.45) is 34.5 Å². The van der Waals surface area contributed by atoms with Crippen molar-refractivity contribution in [3.05, 3.63) is 0 Å². The first-order valence-electron chi connectivity index (χ1n) is 10.4. The second kappa shape index (κ2) is 5.81. The molecule has 4 aliphatic carbocycles. The summed E-state index contributed by atoms with van der Waals surface area (Å²) in [5, 5.41) is 9.97. The summed E-state index contributed by atoms with van der Waals surface area (Å²) >= 11 is 0. The van der Waals surface area contributed by atoms with E-state index in [1.807, 2.05) is 0 Å². The van der Waals surface area contributed by atoms with Gasteiger partial charge >= 0.3 is 5.97 Å². The van der Waals surface area contributed by atoms with E-state index in [-0.39, 0.29) is 16.8 Å². The standard InChI is InChI=1S/C22H31NO3/c1-14(24)26-22(13-23)11-8-19-17-5-4-15-12-16(25)6-9-20(15,2)18(17)7-10-21(19,22)3/h15,17-19H,4-12H2,1-3H3/t15-,17+,18-,19-,20-,21-,22-/m0/s1. The fraction of sp³-hybridized carbons (Fsp3) is 0.864. The Hall–Kier alpha value is -1.37. The number of rotatable bonds is 1. The first-order chi connectivity index (χ1) is 12.3. The van der Waals surface area contributed by atoms with Crippen LogP contribution in [0.1, 0.15) is 78.6 Å². The van der Waals surface area contributed by atoms with E-state index in [0.29, 0.717) is 35.9 Å². The molecule has 4 nitrogen and oxygen atoms in total. The second-order valence-corrected chi connectivity index (χ2v) is 9.93. The van der Waals surface area contributed by atoms with Crippen molar-refractivity contribution >= 4 is 11.8 Å². The van der Waals surface area contributed by atoms with Crippen LogP contribution >= 0.6 is 0 Å². The van der Waals surface area contributed by atoms with E-state index in [1.54, 1.807) is 0 Å². The summed E-state index contributed by atoms with van der Waals surface area (Å²) in [6, 6.07) is 2.43. The minimum Gasteiger partial charge on any atom is -0.443 e. The monoisotopic (exact) mass is 357 g/mol. The molecule has 0 spiro atoms. The molecule has 0 N–H and O–H groups in total. The van der Waals surface area contributed by atoms with Crippen molar-refractivity contribution in [2.45, 2.75) is 84.2 Å². The zero-order valence-electron chi connectivity index (χ0n) is 16.3. The van der Waals surface area contributed by atoms with E-state index in [4.69, 9.17) is 4.74 Å². The van der Waals surface area contributed by atoms with Gasteiger partial charge in [-0.3, -0.25) is 9.59 Å². The first kappa shape index (κ1) is 18.0. The van der Waals surface area contributed by atoms with Crippen molar-refractivity contribution in [3.63, 3.8) is 0 Å². The maximum Gasteiger partial charge on any atom is 0.304 e. The normalized spacial score (nSPS) is 50.2. The zero-order valence-corrected chi connectivity index (χ0v) is 16.3. The highest BCUT2D eigenvalue weighted by molar-refractivity contribution is 5.79. The Balaban J connectivity index is 1.65. The molecule has 0 aromatic heterocycles. The number of hydrogen-bond acceptors (Lipinski definition) is 4. The molecule has 4 saturated carbocycles. The predicted molar refractivity (Wildman–Crippen MR) is 96.8 cm³/mol. The molecule has 4 aliphatic rings. The molecule has 4 heteroatoms. The van der Waals surface area contributed by atoms with Crippen LogP contribution < -0.4 is 0 Å². The van der Waals surface area contributed by atoms with E-state index < -0.39 is 5.60 Å². The molecule has 0 aromatic carbocycles. The summed E-state index contributed by atoms with van der Waals surface area (Å²) in [5.41, 5.74) is -0.908. The molecule has 0 heterocycles. The van der Waals surface area contributed by atoms with Crippen LogP contribution in [-0.4, -0.2) is 17.4 Å². The number of esters is 1. The molecular formula is C22H31NO3. The van der Waals surface area contributed by atoms with Gasteiger partial charge in [-0.05, 0) is 67.6 Å². The van der Waals surface area contributed by atoms with Gasteiger partial charge in [0.25, 0.3) is 0 Å². The van der Waals surface area contributed by atoms with Gasteiger partial charge in [-0.15, -0.1) is 0 Å². The lowest BCUT2D eigenvalue weighted by molar-refractivity contribution is -0.174. The number of ketones is 1. The summed E-state index contributed by atoms with van der Waals surface area (Å²) < 4.78 is 5.70. The third-order valence-corrected chi connectivity index (χ3v) is 9.10. The highest BCUT2D eigenvalue weighted by atomic mass is 16.6. The lowest BCUT2D eigenvalue weighted by Crippen LogP contribution is -2.57. The Morgan fingerprint density at radius 3 is 2.54 bits per heavy atom. The van der Waals surface area contributed by atoms with Gasteiger partial charge in [0.05, 0.1) is 0 Å². The maximum atomic E-state index is 12.0. The number of Topliss-reactive ketones (excluding diaryl/α,β-unsaturated/α-hetero) is 1. The molecule has 26 heavy (non-hydrogen) atoms. The van der Waals surface area contributed by atoms with Crippen LogP contribution in [-0.2, 0) is 14.3 Å². The summed E-state index contributed by atoms with van der Waals surface area (Å²) in [6.45, 7) is 6.06. The van der Waals surface area contributed by atoms with E-state index in [9.17, 15) is 14.9 Å². The van der Waals surface area contributed by atoms with Crippen molar-refractivity contribution < 1.29 is 14.3 Å². The summed E-state index contributed by atoms with van der Waals surface area (Å²) in [7, 11) is 0. The molecule has 0 saturated heterocycles. The molecule has 0 unspecified atom stereocenters. The number of nitrogens with zero attached hydrogens (tertiary/aromatic N) is 1. The largest absolute Gasteiger partial charge is 0.443 e. The number of ether oxygens (including phenoxy) is 1. The van der Waals surface area contributed by atoms with E-state index in [0.717, 1.165) is 44.9 Å². The van der Waals surface area contributed by atoms with Crippen molar-refractivity contribution in [1.29, 1.82) is 5.26 Å². The van der Waals surface area contributed by atoms with Gasteiger partial charge in [0, 0.05) is 31.6 Å². The lowest BCUT2D eigenvalue weighted by Gasteiger charge is -2.60. The fourth-order valence-electron chi connectivity index (χ4n) is 7.66. The first-order valence-corrected chi connectivity index (χ1v) is 10.4. The van der Waals surface area contributed by atoms with Crippen LogP contribution in [0.25, 0.3) is 0 Å². The molecule has 0 aromatic rings. The molecule has 142 valence electrons. The Bertz CT molecular complexity index is 681. The molecule has 4 rings (SSSR count). The summed E-state index contributed by atoms with van der Waals surface area (Å²) in [5.74, 6) is 2.37. The molecular weight excluding hydrogens is 326 g/mol. The second-order valence-electron chi connectivity index (χ2n) is 9.93. The van der Waals surface area contributed by atoms with Gasteiger partial charge in [0.1, 0.15) is 11.9 Å². The number of hydrogen-bond donors (Lipinski definition) is 0. The lowest BCUT2D eigenvalue weighted by atomic mass is 9.44. The number of nitriles is 1. The third kappa shape index (κ3) is 2.25. The molecule has 7 atom stereocenters. The summed E-state index contributed by atoms with van der Waals surface area (Å²) in [4.78, 5) is 23.7. The predicted octanol–water partition coefficient (Wildman–Crippen LogP) is 4.42. The van der Waals surface area contributed by atoms with E-state index >= 15 is 0 Å². The van der Waals surface area contributed by atoms with Crippen LogP contribution in [0.2, 0.25) is 0 Å². The molecule has 0 radical (unpaired) electrons. The van der Waals surface area contributed by atoms with Crippen LogP contribution in [0, 0.1) is 45.8 Å². The fourth-order valence-corrected chi connectivity index (χ4v) is 7.66. The van der Waals surface area contributed by atoms with Gasteiger partial charge in [-0.2, -0.15) is 5.26 Å². The van der Waals surface area contributed by atoms with Gasteiger partial charge < -0.3 is 4.74 Å². The van der Waals surface area contributed by atoms with E-state index in [2.05, 4.69) is 19.9 Å². The van der Waals surface area contributed by atoms with Gasteiger partial charge in [-0.1, -0.05) is 13.8 Å². The van der Waals surface area contributed by atoms with Gasteiger partial charge in [-0.25, -0.2) is 0 Å². The Kier molecular flexibility index (Phi) is 4.03. The van der Waals surface area contributed by atoms with Crippen LogP contribution in [0.3, 0.4) is 0 Å². The van der Waals surface area contributed by atoms with Gasteiger partial charge in [0.15, 0.2) is 0 Å². The molecule has 4 fully saturated rings. The number of fused-ring (bicyclic) bond motifs is 5. The summed E-state index contributed by atoms with van der Waals surface area (Å²) in [6.07, 6.45) is 8.58. The molecule has 0 aliphatic heterocycles. The zero-order chi connectivity index (χ0) is 18.7. The minimum atomic E-state index is -0.950. The minimum absolute atomic E-state index is 0.234. The van der Waals surface area contributed by atoms with Crippen molar-refractivity contribution in [1.82, 2.24) is 0 Å². The number of carbonyl (C=O) groups excluding carboxylic acids is 2. The van der Waals surface area contributed by atoms with Crippen LogP contribution in [0.15, 0.2) is 0 Å². The maximum absolute atomic E-state index is 12.0. The Morgan fingerprint density at radius 1 is 1.12 bits per heavy atom. The van der Waals surface area contributed by atoms with Crippen molar-refractivity contribution in [3.8, 4) is 6.07 Å². The highest BCUT2D eigenvalue weighted by Crippen LogP contribution is 2.68. The molecule has 0 amide bonds. The highest BCUT2D eigenvalue weighted by Gasteiger charge is 2.67. The van der Waals surface area contributed by atoms with Crippen LogP contribution in [0.4, 0.5) is 0 Å². The smallest absolute Gasteiger partial charge is 0.304 e. The van der Waals surface area contributed by atoms with Crippen molar-refractivity contribution in [2.75, 3.05) is 0 Å². The topological polar surface area (TPSA) is 67.2 Å². The third-order valence-electron chi connectivity index (χ3n) is 9.10. The van der Waals surface area contributed by atoms with E-state index in [1.165, 1.54) is 13.3 Å². The molecule has 0 bridgehead atoms. The van der Waals surface area contributed by atoms with Gasteiger partial charge in [0.2, 0.25) is 5.60 Å².